The Balaban J connectivity index is 1.66. The van der Waals surface area contributed by atoms with Gasteiger partial charge in [0.1, 0.15) is 12.6 Å². The predicted octanol–water partition coefficient (Wildman–Crippen LogP) is 3.16. The highest BCUT2D eigenvalue weighted by Crippen LogP contribution is 2.14. The minimum absolute atomic E-state index is 0.0369. The summed E-state index contributed by atoms with van der Waals surface area (Å²) in [5, 5.41) is 2.77. The molecular formula is C23H28N2O4. The van der Waals surface area contributed by atoms with E-state index in [4.69, 9.17) is 9.47 Å². The van der Waals surface area contributed by atoms with Crippen molar-refractivity contribution in [3.05, 3.63) is 71.8 Å². The second-order valence-electron chi connectivity index (χ2n) is 7.45. The Morgan fingerprint density at radius 1 is 1.00 bits per heavy atom. The summed E-state index contributed by atoms with van der Waals surface area (Å²) in [4.78, 5) is 27.4. The molecular weight excluding hydrogens is 368 g/mol. The van der Waals surface area contributed by atoms with Crippen LogP contribution in [0.25, 0.3) is 0 Å². The van der Waals surface area contributed by atoms with E-state index in [1.54, 1.807) is 4.90 Å². The van der Waals surface area contributed by atoms with Crippen molar-refractivity contribution in [3.63, 3.8) is 0 Å². The predicted molar refractivity (Wildman–Crippen MR) is 110 cm³/mol. The summed E-state index contributed by atoms with van der Waals surface area (Å²) in [7, 11) is 0. The molecule has 29 heavy (non-hydrogen) atoms. The molecule has 6 nitrogen and oxygen atoms in total. The van der Waals surface area contributed by atoms with Crippen LogP contribution in [-0.4, -0.2) is 48.2 Å². The number of hydrogen-bond donors (Lipinski definition) is 1. The summed E-state index contributed by atoms with van der Waals surface area (Å²) in [5.41, 5.74) is 1.87. The fourth-order valence-electron chi connectivity index (χ4n) is 3.54. The van der Waals surface area contributed by atoms with Gasteiger partial charge in [-0.25, -0.2) is 4.79 Å². The zero-order chi connectivity index (χ0) is 20.6. The van der Waals surface area contributed by atoms with Gasteiger partial charge in [-0.15, -0.1) is 0 Å². The molecule has 2 amide bonds. The van der Waals surface area contributed by atoms with Gasteiger partial charge < -0.3 is 19.7 Å². The quantitative estimate of drug-likeness (QED) is 0.814. The number of hydrogen-bond acceptors (Lipinski definition) is 4. The van der Waals surface area contributed by atoms with Crippen molar-refractivity contribution in [3.8, 4) is 0 Å². The maximum atomic E-state index is 13.2. The van der Waals surface area contributed by atoms with Gasteiger partial charge in [-0.2, -0.15) is 0 Å². The molecule has 0 radical (unpaired) electrons. The van der Waals surface area contributed by atoms with E-state index in [-0.39, 0.29) is 24.7 Å². The molecule has 154 valence electrons. The first kappa shape index (κ1) is 20.9. The van der Waals surface area contributed by atoms with Gasteiger partial charge in [-0.1, -0.05) is 60.7 Å². The maximum absolute atomic E-state index is 13.2. The van der Waals surface area contributed by atoms with E-state index >= 15 is 0 Å². The molecule has 0 spiro atoms. The standard InChI is InChI=1S/C23H28N2O4/c1-17-14-25(15-18(2)29-17)22(26)21(13-19-9-5-3-6-10-19)24-23(27)28-16-20-11-7-4-8-12-20/h3-12,17-18,21H,13-16H2,1-2H3,(H,24,27)/t17-,18-,21+/m1/s1. The lowest BCUT2D eigenvalue weighted by Gasteiger charge is -2.37. The van der Waals surface area contributed by atoms with Gasteiger partial charge in [0.15, 0.2) is 0 Å². The third-order valence-corrected chi connectivity index (χ3v) is 4.82. The van der Waals surface area contributed by atoms with Gasteiger partial charge in [-0.05, 0) is 25.0 Å². The first-order valence-electron chi connectivity index (χ1n) is 9.96. The van der Waals surface area contributed by atoms with Crippen molar-refractivity contribution < 1.29 is 19.1 Å². The summed E-state index contributed by atoms with van der Waals surface area (Å²) < 4.78 is 11.1. The molecule has 0 saturated carbocycles. The Morgan fingerprint density at radius 3 is 2.14 bits per heavy atom. The zero-order valence-corrected chi connectivity index (χ0v) is 16.9. The van der Waals surface area contributed by atoms with Gasteiger partial charge in [0.25, 0.3) is 0 Å². The molecule has 1 saturated heterocycles. The van der Waals surface area contributed by atoms with Crippen LogP contribution in [0.5, 0.6) is 0 Å². The first-order chi connectivity index (χ1) is 14.0. The SMILES string of the molecule is C[C@@H]1CN(C(=O)[C@H](Cc2ccccc2)NC(=O)OCc2ccccc2)C[C@@H](C)O1. The second kappa shape index (κ2) is 10.1. The van der Waals surface area contributed by atoms with Crippen LogP contribution in [0.4, 0.5) is 4.79 Å². The van der Waals surface area contributed by atoms with Crippen molar-refractivity contribution >= 4 is 12.0 Å². The van der Waals surface area contributed by atoms with Crippen molar-refractivity contribution in [1.82, 2.24) is 10.2 Å². The molecule has 0 aliphatic carbocycles. The van der Waals surface area contributed by atoms with Crippen LogP contribution >= 0.6 is 0 Å². The number of amides is 2. The molecule has 0 bridgehead atoms. The summed E-state index contributed by atoms with van der Waals surface area (Å²) in [6, 6.07) is 18.4. The van der Waals surface area contributed by atoms with Crippen molar-refractivity contribution in [2.75, 3.05) is 13.1 Å². The Bertz CT molecular complexity index is 787. The molecule has 1 fully saturated rings. The monoisotopic (exact) mass is 396 g/mol. The molecule has 0 aromatic heterocycles. The maximum Gasteiger partial charge on any atom is 0.408 e. The van der Waals surface area contributed by atoms with Crippen LogP contribution in [0.15, 0.2) is 60.7 Å². The van der Waals surface area contributed by atoms with Crippen LogP contribution in [0, 0.1) is 0 Å². The molecule has 6 heteroatoms. The van der Waals surface area contributed by atoms with Crippen molar-refractivity contribution in [2.24, 2.45) is 0 Å². The zero-order valence-electron chi connectivity index (χ0n) is 16.9. The molecule has 3 rings (SSSR count). The average molecular weight is 396 g/mol. The highest BCUT2D eigenvalue weighted by molar-refractivity contribution is 5.86. The second-order valence-corrected chi connectivity index (χ2v) is 7.45. The molecule has 0 unspecified atom stereocenters. The van der Waals surface area contributed by atoms with E-state index in [9.17, 15) is 9.59 Å². The number of benzene rings is 2. The van der Waals surface area contributed by atoms with Crippen molar-refractivity contribution in [2.45, 2.75) is 45.1 Å². The lowest BCUT2D eigenvalue weighted by molar-refractivity contribution is -0.145. The number of carbonyl (C=O) groups is 2. The van der Waals surface area contributed by atoms with Crippen LogP contribution < -0.4 is 5.32 Å². The fourth-order valence-corrected chi connectivity index (χ4v) is 3.54. The lowest BCUT2D eigenvalue weighted by atomic mass is 10.0. The Kier molecular flexibility index (Phi) is 7.25. The largest absolute Gasteiger partial charge is 0.445 e. The third-order valence-electron chi connectivity index (χ3n) is 4.82. The number of nitrogens with one attached hydrogen (secondary N) is 1. The summed E-state index contributed by atoms with van der Waals surface area (Å²) >= 11 is 0. The van der Waals surface area contributed by atoms with Gasteiger partial charge in [0.2, 0.25) is 5.91 Å². The Morgan fingerprint density at radius 2 is 1.55 bits per heavy atom. The van der Waals surface area contributed by atoms with E-state index in [0.717, 1.165) is 11.1 Å². The number of alkyl carbamates (subject to hydrolysis) is 1. The number of nitrogens with zero attached hydrogens (tertiary/aromatic N) is 1. The van der Waals surface area contributed by atoms with E-state index in [0.29, 0.717) is 19.5 Å². The summed E-state index contributed by atoms with van der Waals surface area (Å²) in [6.07, 6.45) is -0.270. The average Bonchev–Trinajstić information content (AvgIpc) is 2.72. The van der Waals surface area contributed by atoms with E-state index in [2.05, 4.69) is 5.32 Å². The summed E-state index contributed by atoms with van der Waals surface area (Å²) in [5.74, 6) is -0.118. The van der Waals surface area contributed by atoms with E-state index in [1.807, 2.05) is 74.5 Å². The van der Waals surface area contributed by atoms with Gasteiger partial charge in [0, 0.05) is 19.5 Å². The normalized spacial score (nSPS) is 20.0. The molecule has 2 aromatic carbocycles. The number of carbonyl (C=O) groups excluding carboxylic acids is 2. The van der Waals surface area contributed by atoms with Crippen LogP contribution in [0.3, 0.4) is 0 Å². The van der Waals surface area contributed by atoms with Crippen LogP contribution in [0.1, 0.15) is 25.0 Å². The molecule has 1 N–H and O–H groups in total. The van der Waals surface area contributed by atoms with Crippen molar-refractivity contribution in [1.29, 1.82) is 0 Å². The lowest BCUT2D eigenvalue weighted by Crippen LogP contribution is -2.55. The molecule has 2 aromatic rings. The molecule has 1 heterocycles. The number of ether oxygens (including phenoxy) is 2. The number of morpholine rings is 1. The summed E-state index contributed by atoms with van der Waals surface area (Å²) in [6.45, 7) is 5.07. The van der Waals surface area contributed by atoms with E-state index in [1.165, 1.54) is 0 Å². The van der Waals surface area contributed by atoms with E-state index < -0.39 is 12.1 Å². The van der Waals surface area contributed by atoms with Crippen LogP contribution in [-0.2, 0) is 27.3 Å². The van der Waals surface area contributed by atoms with Gasteiger partial charge in [-0.3, -0.25) is 4.79 Å². The van der Waals surface area contributed by atoms with Crippen LogP contribution in [0.2, 0.25) is 0 Å². The smallest absolute Gasteiger partial charge is 0.408 e. The first-order valence-corrected chi connectivity index (χ1v) is 9.96. The molecule has 1 aliphatic heterocycles. The third kappa shape index (κ3) is 6.32. The van der Waals surface area contributed by atoms with Gasteiger partial charge >= 0.3 is 6.09 Å². The minimum Gasteiger partial charge on any atom is -0.445 e. The molecule has 1 aliphatic rings. The highest BCUT2D eigenvalue weighted by atomic mass is 16.5. The van der Waals surface area contributed by atoms with Gasteiger partial charge in [0.05, 0.1) is 12.2 Å². The highest BCUT2D eigenvalue weighted by Gasteiger charge is 2.32. The fraction of sp³-hybridized carbons (Fsp3) is 0.391. The Hall–Kier alpha value is -2.86. The number of rotatable bonds is 6. The topological polar surface area (TPSA) is 67.9 Å². The Labute approximate surface area is 171 Å². The minimum atomic E-state index is -0.696. The molecule has 3 atom stereocenters.